The van der Waals surface area contributed by atoms with Crippen LogP contribution in [0.4, 0.5) is 10.5 Å². The molecule has 0 heterocycles. The number of carboxylic acids is 1. The summed E-state index contributed by atoms with van der Waals surface area (Å²) in [5, 5.41) is 10.7. The number of hydrogen-bond acceptors (Lipinski definition) is 3. The van der Waals surface area contributed by atoms with Gasteiger partial charge in [-0.15, -0.1) is 0 Å². The fourth-order valence-electron chi connectivity index (χ4n) is 0.957. The Morgan fingerprint density at radius 1 is 1.31 bits per heavy atom. The zero-order valence-corrected chi connectivity index (χ0v) is 8.69. The average molecular weight is 224 g/mol. The molecule has 86 valence electrons. The second-order valence-electron chi connectivity index (χ2n) is 3.10. The van der Waals surface area contributed by atoms with Crippen LogP contribution in [0.25, 0.3) is 0 Å². The minimum absolute atomic E-state index is 0.582. The lowest BCUT2D eigenvalue weighted by molar-refractivity contribution is -0.143. The van der Waals surface area contributed by atoms with Crippen LogP contribution in [0.1, 0.15) is 5.56 Å². The maximum Gasteiger partial charge on any atom is 0.343 e. The van der Waals surface area contributed by atoms with Gasteiger partial charge in [-0.3, -0.25) is 4.84 Å². The minimum atomic E-state index is -1.16. The van der Waals surface area contributed by atoms with Gasteiger partial charge in [0.15, 0.2) is 6.61 Å². The maximum atomic E-state index is 11.1. The Bertz CT molecular complexity index is 375. The van der Waals surface area contributed by atoms with E-state index in [1.54, 1.807) is 12.1 Å². The van der Waals surface area contributed by atoms with E-state index >= 15 is 0 Å². The lowest BCUT2D eigenvalue weighted by Gasteiger charge is -2.06. The predicted octanol–water partition coefficient (Wildman–Crippen LogP) is 1.13. The molecule has 0 saturated carbocycles. The highest BCUT2D eigenvalue weighted by Crippen LogP contribution is 2.07. The number of rotatable bonds is 4. The second kappa shape index (κ2) is 5.72. The molecule has 6 nitrogen and oxygen atoms in total. The fourth-order valence-corrected chi connectivity index (χ4v) is 0.957. The van der Waals surface area contributed by atoms with Gasteiger partial charge in [-0.2, -0.15) is 0 Å². The zero-order valence-electron chi connectivity index (χ0n) is 8.69. The molecule has 0 saturated heterocycles. The summed E-state index contributed by atoms with van der Waals surface area (Å²) in [5.74, 6) is -1.16. The summed E-state index contributed by atoms with van der Waals surface area (Å²) < 4.78 is 0. The molecule has 1 aromatic carbocycles. The van der Waals surface area contributed by atoms with E-state index in [9.17, 15) is 9.59 Å². The summed E-state index contributed by atoms with van der Waals surface area (Å²) in [6, 6.07) is 6.52. The van der Waals surface area contributed by atoms with Gasteiger partial charge in [-0.1, -0.05) is 17.7 Å². The van der Waals surface area contributed by atoms with Crippen LogP contribution in [0.15, 0.2) is 24.3 Å². The van der Waals surface area contributed by atoms with Crippen molar-refractivity contribution in [2.75, 3.05) is 11.9 Å². The molecule has 0 aliphatic rings. The van der Waals surface area contributed by atoms with Crippen molar-refractivity contribution in [1.82, 2.24) is 5.48 Å². The van der Waals surface area contributed by atoms with Crippen molar-refractivity contribution in [2.45, 2.75) is 6.92 Å². The molecule has 1 aromatic rings. The van der Waals surface area contributed by atoms with Gasteiger partial charge in [-0.25, -0.2) is 15.1 Å². The van der Waals surface area contributed by atoms with Crippen molar-refractivity contribution >= 4 is 17.7 Å². The van der Waals surface area contributed by atoms with Gasteiger partial charge in [0.2, 0.25) is 0 Å². The van der Waals surface area contributed by atoms with Gasteiger partial charge in [-0.05, 0) is 19.1 Å². The van der Waals surface area contributed by atoms with E-state index in [0.29, 0.717) is 5.69 Å². The van der Waals surface area contributed by atoms with Crippen LogP contribution in [0.5, 0.6) is 0 Å². The first-order valence-corrected chi connectivity index (χ1v) is 4.55. The molecule has 16 heavy (non-hydrogen) atoms. The number of urea groups is 1. The van der Waals surface area contributed by atoms with Crippen molar-refractivity contribution < 1.29 is 19.5 Å². The van der Waals surface area contributed by atoms with E-state index in [1.807, 2.05) is 24.5 Å². The molecule has 0 aromatic heterocycles. The van der Waals surface area contributed by atoms with E-state index in [-0.39, 0.29) is 0 Å². The smallest absolute Gasteiger partial charge is 0.343 e. The van der Waals surface area contributed by atoms with E-state index in [0.717, 1.165) is 5.56 Å². The van der Waals surface area contributed by atoms with Crippen molar-refractivity contribution in [3.05, 3.63) is 29.8 Å². The van der Waals surface area contributed by atoms with Gasteiger partial charge in [0.25, 0.3) is 0 Å². The van der Waals surface area contributed by atoms with Gasteiger partial charge in [0.05, 0.1) is 0 Å². The van der Waals surface area contributed by atoms with Gasteiger partial charge < -0.3 is 10.4 Å². The van der Waals surface area contributed by atoms with Crippen molar-refractivity contribution in [2.24, 2.45) is 0 Å². The SMILES string of the molecule is Cc1ccc(NC(=O)NOCC(=O)O)cc1. The number of nitrogens with one attached hydrogen (secondary N) is 2. The number of hydrogen-bond donors (Lipinski definition) is 3. The standard InChI is InChI=1S/C10H12N2O4/c1-7-2-4-8(5-3-7)11-10(15)12-16-6-9(13)14/h2-5H,6H2,1H3,(H,13,14)(H2,11,12,15). The van der Waals surface area contributed by atoms with E-state index < -0.39 is 18.6 Å². The monoisotopic (exact) mass is 224 g/mol. The Morgan fingerprint density at radius 2 is 1.94 bits per heavy atom. The summed E-state index contributed by atoms with van der Waals surface area (Å²) in [6.07, 6.45) is 0. The highest BCUT2D eigenvalue weighted by Gasteiger charge is 2.02. The Balaban J connectivity index is 2.34. The highest BCUT2D eigenvalue weighted by atomic mass is 16.7. The molecule has 0 atom stereocenters. The van der Waals surface area contributed by atoms with Crippen LogP contribution in [-0.2, 0) is 9.63 Å². The summed E-state index contributed by atoms with van der Waals surface area (Å²) in [7, 11) is 0. The molecule has 1 rings (SSSR count). The lowest BCUT2D eigenvalue weighted by atomic mass is 10.2. The molecule has 3 N–H and O–H groups in total. The molecule has 0 fully saturated rings. The summed E-state index contributed by atoms with van der Waals surface area (Å²) in [5.41, 5.74) is 3.62. The maximum absolute atomic E-state index is 11.1. The van der Waals surface area contributed by atoms with E-state index in [2.05, 4.69) is 10.2 Å². The Morgan fingerprint density at radius 3 is 2.50 bits per heavy atom. The van der Waals surface area contributed by atoms with E-state index in [1.165, 1.54) is 0 Å². The number of carbonyl (C=O) groups is 2. The van der Waals surface area contributed by atoms with Crippen LogP contribution in [0.2, 0.25) is 0 Å². The summed E-state index contributed by atoms with van der Waals surface area (Å²) in [4.78, 5) is 25.6. The summed E-state index contributed by atoms with van der Waals surface area (Å²) >= 11 is 0. The Kier molecular flexibility index (Phi) is 4.28. The number of hydroxylamine groups is 1. The fraction of sp³-hybridized carbons (Fsp3) is 0.200. The number of carboxylic acid groups (broad SMARTS) is 1. The van der Waals surface area contributed by atoms with Crippen molar-refractivity contribution in [3.8, 4) is 0 Å². The zero-order chi connectivity index (χ0) is 12.0. The predicted molar refractivity (Wildman–Crippen MR) is 56.9 cm³/mol. The molecule has 0 radical (unpaired) electrons. The normalized spacial score (nSPS) is 9.56. The number of carbonyl (C=O) groups excluding carboxylic acids is 1. The quantitative estimate of drug-likeness (QED) is 0.669. The van der Waals surface area contributed by atoms with Gasteiger partial charge >= 0.3 is 12.0 Å². The number of aryl methyl sites for hydroxylation is 1. The first-order chi connectivity index (χ1) is 7.58. The van der Waals surface area contributed by atoms with Crippen LogP contribution in [-0.4, -0.2) is 23.7 Å². The van der Waals surface area contributed by atoms with Crippen molar-refractivity contribution in [1.29, 1.82) is 0 Å². The van der Waals surface area contributed by atoms with Crippen LogP contribution in [0.3, 0.4) is 0 Å². The number of benzene rings is 1. The molecule has 2 amide bonds. The second-order valence-corrected chi connectivity index (χ2v) is 3.10. The third kappa shape index (κ3) is 4.43. The largest absolute Gasteiger partial charge is 0.479 e. The Hall–Kier alpha value is -2.08. The molecule has 6 heteroatoms. The number of amides is 2. The third-order valence-electron chi connectivity index (χ3n) is 1.67. The molecule has 0 unspecified atom stereocenters. The molecule has 0 aliphatic heterocycles. The molecule has 0 bridgehead atoms. The first kappa shape index (κ1) is 12.0. The molecule has 0 aliphatic carbocycles. The number of anilines is 1. The van der Waals surface area contributed by atoms with Gasteiger partial charge in [0.1, 0.15) is 0 Å². The van der Waals surface area contributed by atoms with E-state index in [4.69, 9.17) is 5.11 Å². The highest BCUT2D eigenvalue weighted by molar-refractivity contribution is 5.88. The van der Waals surface area contributed by atoms with Crippen LogP contribution < -0.4 is 10.8 Å². The van der Waals surface area contributed by atoms with Crippen LogP contribution >= 0.6 is 0 Å². The van der Waals surface area contributed by atoms with Crippen molar-refractivity contribution in [3.63, 3.8) is 0 Å². The average Bonchev–Trinajstić information content (AvgIpc) is 2.21. The van der Waals surface area contributed by atoms with Crippen LogP contribution in [0, 0.1) is 6.92 Å². The third-order valence-corrected chi connectivity index (χ3v) is 1.67. The lowest BCUT2D eigenvalue weighted by Crippen LogP contribution is -2.30. The topological polar surface area (TPSA) is 87.7 Å². The number of aliphatic carboxylic acids is 1. The first-order valence-electron chi connectivity index (χ1n) is 4.55. The van der Waals surface area contributed by atoms with Gasteiger partial charge in [0, 0.05) is 5.69 Å². The molecule has 0 spiro atoms. The Labute approximate surface area is 92.2 Å². The minimum Gasteiger partial charge on any atom is -0.479 e. The summed E-state index contributed by atoms with van der Waals surface area (Å²) in [6.45, 7) is 1.35. The molecular formula is C10H12N2O4. The molecular weight excluding hydrogens is 212 g/mol.